The summed E-state index contributed by atoms with van der Waals surface area (Å²) in [5, 5.41) is 11.3. The van der Waals surface area contributed by atoms with Gasteiger partial charge in [-0.25, -0.2) is 0 Å². The molecule has 3 amide bonds. The highest BCUT2D eigenvalue weighted by Gasteiger charge is 2.44. The third kappa shape index (κ3) is 9.95. The summed E-state index contributed by atoms with van der Waals surface area (Å²) in [6.45, 7) is 1.28. The molecule has 0 saturated heterocycles. The van der Waals surface area contributed by atoms with Crippen LogP contribution in [0.15, 0.2) is 91.0 Å². The maximum atomic E-state index is 12.7. The molecular weight excluding hydrogens is 557 g/mol. The highest BCUT2D eigenvalue weighted by molar-refractivity contribution is 8.14. The van der Waals surface area contributed by atoms with Crippen molar-refractivity contribution in [2.24, 2.45) is 0 Å². The van der Waals surface area contributed by atoms with E-state index in [9.17, 15) is 24.0 Å². The van der Waals surface area contributed by atoms with Crippen LogP contribution in [0.2, 0.25) is 0 Å². The maximum Gasteiger partial charge on any atom is 0.239 e. The highest BCUT2D eigenvalue weighted by atomic mass is 32.2. The minimum atomic E-state index is -2.07. The fourth-order valence-corrected chi connectivity index (χ4v) is 8.93. The van der Waals surface area contributed by atoms with E-state index in [0.29, 0.717) is 6.54 Å². The number of benzene rings is 3. The van der Waals surface area contributed by atoms with Crippen molar-refractivity contribution in [2.75, 3.05) is 31.5 Å². The Kier molecular flexibility index (Phi) is 12.7. The number of carbonyl (C=O) groups is 5. The van der Waals surface area contributed by atoms with Crippen molar-refractivity contribution in [2.45, 2.75) is 19.8 Å². The van der Waals surface area contributed by atoms with Crippen molar-refractivity contribution >= 4 is 63.6 Å². The minimum absolute atomic E-state index is 0.00986. The zero-order chi connectivity index (χ0) is 29.5. The summed E-state index contributed by atoms with van der Waals surface area (Å²) in [6.07, 6.45) is 0.725. The van der Waals surface area contributed by atoms with E-state index in [1.165, 1.54) is 22.8 Å². The lowest BCUT2D eigenvalue weighted by Gasteiger charge is -2.27. The van der Waals surface area contributed by atoms with E-state index in [4.69, 9.17) is 0 Å². The molecule has 0 unspecified atom stereocenters. The molecule has 0 saturated carbocycles. The molecule has 0 bridgehead atoms. The van der Waals surface area contributed by atoms with Crippen molar-refractivity contribution in [3.05, 3.63) is 91.0 Å². The second-order valence-corrected chi connectivity index (χ2v) is 14.0. The lowest BCUT2D eigenvalue weighted by atomic mass is 10.2. The van der Waals surface area contributed by atoms with Crippen LogP contribution in [0.4, 0.5) is 0 Å². The zero-order valence-electron chi connectivity index (χ0n) is 23.0. The maximum absolute atomic E-state index is 12.7. The van der Waals surface area contributed by atoms with Gasteiger partial charge in [0.2, 0.25) is 17.7 Å². The molecule has 0 heterocycles. The number of carbonyl (C=O) groups excluding carboxylic acids is 5. The van der Waals surface area contributed by atoms with E-state index < -0.39 is 19.1 Å². The van der Waals surface area contributed by atoms with Crippen molar-refractivity contribution in [1.29, 1.82) is 0 Å². The number of hydrogen-bond acceptors (Lipinski definition) is 6. The Balaban J connectivity index is 1.53. The molecule has 10 heteroatoms. The monoisotopic (exact) mass is 592 g/mol. The largest absolute Gasteiger partial charge is 0.352 e. The Morgan fingerprint density at radius 2 is 1.10 bits per heavy atom. The fourth-order valence-electron chi connectivity index (χ4n) is 4.33. The van der Waals surface area contributed by atoms with Gasteiger partial charge in [0.15, 0.2) is 10.9 Å². The molecule has 3 aromatic carbocycles. The molecule has 0 aromatic heterocycles. The number of thioether (sulfide) groups is 1. The quantitative estimate of drug-likeness (QED) is 0.232. The SMILES string of the molecule is CC(=O)SCC(=O)NCC(=O)NCC(=O)CCC(=O)NCC[P+](c1ccccc1)(c1ccccc1)c1ccccc1. The van der Waals surface area contributed by atoms with Gasteiger partial charge in [-0.2, -0.15) is 0 Å². The molecule has 0 aliphatic heterocycles. The van der Waals surface area contributed by atoms with Gasteiger partial charge in [0.05, 0.1) is 31.5 Å². The van der Waals surface area contributed by atoms with Gasteiger partial charge in [-0.3, -0.25) is 24.0 Å². The molecule has 0 radical (unpaired) electrons. The van der Waals surface area contributed by atoms with Gasteiger partial charge in [-0.15, -0.1) is 0 Å². The van der Waals surface area contributed by atoms with Crippen LogP contribution in [0.25, 0.3) is 0 Å². The standard InChI is InChI=1S/C31H34N3O5PS/c1-24(35)41-23-31(39)34-22-30(38)33-21-25(36)17-18-29(37)32-19-20-40(26-11-5-2-6-12-26,27-13-7-3-8-14-27)28-15-9-4-10-16-28/h2-16H,17-23H2,1H3,(H2-,32,33,34,37,38,39)/p+1. The summed E-state index contributed by atoms with van der Waals surface area (Å²) in [7, 11) is -2.07. The molecule has 0 fully saturated rings. The lowest BCUT2D eigenvalue weighted by molar-refractivity contribution is -0.127. The number of hydrogen-bond donors (Lipinski definition) is 3. The van der Waals surface area contributed by atoms with Crippen molar-refractivity contribution < 1.29 is 24.0 Å². The van der Waals surface area contributed by atoms with Crippen LogP contribution in [-0.4, -0.2) is 60.2 Å². The van der Waals surface area contributed by atoms with E-state index in [2.05, 4.69) is 52.3 Å². The summed E-state index contributed by atoms with van der Waals surface area (Å²) in [5.74, 6) is -1.55. The second kappa shape index (κ2) is 16.5. The molecule has 0 atom stereocenters. The Morgan fingerprint density at radius 3 is 1.59 bits per heavy atom. The van der Waals surface area contributed by atoms with Crippen LogP contribution in [0.5, 0.6) is 0 Å². The predicted molar refractivity (Wildman–Crippen MR) is 166 cm³/mol. The van der Waals surface area contributed by atoms with E-state index >= 15 is 0 Å². The number of nitrogens with one attached hydrogen (secondary N) is 3. The first-order valence-electron chi connectivity index (χ1n) is 13.3. The van der Waals surface area contributed by atoms with E-state index in [-0.39, 0.29) is 48.5 Å². The number of ketones is 1. The van der Waals surface area contributed by atoms with Gasteiger partial charge in [0.25, 0.3) is 0 Å². The fraction of sp³-hybridized carbons (Fsp3) is 0.258. The van der Waals surface area contributed by atoms with E-state index in [1.54, 1.807) is 0 Å². The third-order valence-electron chi connectivity index (χ3n) is 6.33. The third-order valence-corrected chi connectivity index (χ3v) is 11.6. The van der Waals surface area contributed by atoms with Gasteiger partial charge in [0, 0.05) is 19.8 Å². The molecule has 3 aromatic rings. The van der Waals surface area contributed by atoms with Crippen LogP contribution >= 0.6 is 19.0 Å². The topological polar surface area (TPSA) is 121 Å². The molecule has 0 aliphatic carbocycles. The van der Waals surface area contributed by atoms with Crippen LogP contribution in [0, 0.1) is 0 Å². The Labute approximate surface area is 245 Å². The molecule has 8 nitrogen and oxygen atoms in total. The van der Waals surface area contributed by atoms with Crippen molar-refractivity contribution in [3.8, 4) is 0 Å². The van der Waals surface area contributed by atoms with Gasteiger partial charge >= 0.3 is 0 Å². The van der Waals surface area contributed by atoms with Gasteiger partial charge < -0.3 is 16.0 Å². The highest BCUT2D eigenvalue weighted by Crippen LogP contribution is 2.54. The smallest absolute Gasteiger partial charge is 0.239 e. The van der Waals surface area contributed by atoms with Gasteiger partial charge in [-0.05, 0) is 36.4 Å². The first-order valence-corrected chi connectivity index (χ1v) is 16.3. The van der Waals surface area contributed by atoms with Crippen LogP contribution < -0.4 is 31.9 Å². The van der Waals surface area contributed by atoms with Crippen molar-refractivity contribution in [1.82, 2.24) is 16.0 Å². The lowest BCUT2D eigenvalue weighted by Crippen LogP contribution is -2.40. The summed E-state index contributed by atoms with van der Waals surface area (Å²) in [5.41, 5.74) is 0. The van der Waals surface area contributed by atoms with Crippen molar-refractivity contribution in [3.63, 3.8) is 0 Å². The average molecular weight is 593 g/mol. The molecule has 214 valence electrons. The summed E-state index contributed by atoms with van der Waals surface area (Å²) < 4.78 is 0. The van der Waals surface area contributed by atoms with Crippen LogP contribution in [-0.2, 0) is 24.0 Å². The summed E-state index contributed by atoms with van der Waals surface area (Å²) in [6, 6.07) is 31.2. The summed E-state index contributed by atoms with van der Waals surface area (Å²) >= 11 is 0.849. The molecule has 0 spiro atoms. The number of rotatable bonds is 15. The number of amides is 3. The molecular formula is C31H35N3O5PS+. The predicted octanol–water partition coefficient (Wildman–Crippen LogP) is 1.96. The Morgan fingerprint density at radius 1 is 0.610 bits per heavy atom. The normalized spacial score (nSPS) is 10.9. The van der Waals surface area contributed by atoms with E-state index in [0.717, 1.165) is 17.9 Å². The first kappa shape index (κ1) is 31.7. The zero-order valence-corrected chi connectivity index (χ0v) is 24.7. The van der Waals surface area contributed by atoms with Crippen LogP contribution in [0.1, 0.15) is 19.8 Å². The molecule has 41 heavy (non-hydrogen) atoms. The Hall–Kier alpha value is -3.81. The first-order chi connectivity index (χ1) is 19.8. The molecule has 0 aliphatic rings. The molecule has 3 rings (SSSR count). The van der Waals surface area contributed by atoms with Gasteiger partial charge in [0.1, 0.15) is 23.2 Å². The number of Topliss-reactive ketones (excluding diaryl/α,β-unsaturated/α-hetero) is 1. The minimum Gasteiger partial charge on any atom is -0.352 e. The summed E-state index contributed by atoms with van der Waals surface area (Å²) in [4.78, 5) is 59.3. The van der Waals surface area contributed by atoms with Crippen LogP contribution in [0.3, 0.4) is 0 Å². The Bertz CT molecular complexity index is 1230. The average Bonchev–Trinajstić information content (AvgIpc) is 3.00. The molecule has 3 N–H and O–H groups in total. The van der Waals surface area contributed by atoms with E-state index in [1.807, 2.05) is 54.6 Å². The van der Waals surface area contributed by atoms with Gasteiger partial charge in [-0.1, -0.05) is 66.4 Å². The second-order valence-electron chi connectivity index (χ2n) is 9.26.